The summed E-state index contributed by atoms with van der Waals surface area (Å²) in [4.78, 5) is 21.0. The lowest BCUT2D eigenvalue weighted by Crippen LogP contribution is -2.30. The predicted octanol–water partition coefficient (Wildman–Crippen LogP) is -0.603. The summed E-state index contributed by atoms with van der Waals surface area (Å²) in [7, 11) is 1.10. The van der Waals surface area contributed by atoms with Gasteiger partial charge in [-0.25, -0.2) is 9.59 Å². The van der Waals surface area contributed by atoms with Gasteiger partial charge in [0.05, 0.1) is 7.11 Å². The summed E-state index contributed by atoms with van der Waals surface area (Å²) in [6.07, 6.45) is -0.274. The van der Waals surface area contributed by atoms with Crippen LogP contribution in [0, 0.1) is 0 Å². The van der Waals surface area contributed by atoms with E-state index >= 15 is 0 Å². The van der Waals surface area contributed by atoms with Gasteiger partial charge in [0.2, 0.25) is 0 Å². The van der Waals surface area contributed by atoms with E-state index < -0.39 is 18.2 Å². The number of rotatable bonds is 2. The van der Waals surface area contributed by atoms with Gasteiger partial charge in [0.1, 0.15) is 0 Å². The van der Waals surface area contributed by atoms with Crippen molar-refractivity contribution in [3.05, 3.63) is 0 Å². The molecule has 0 heterocycles. The first kappa shape index (κ1) is 9.90. The number of carbonyl (C=O) groups is 2. The van der Waals surface area contributed by atoms with Crippen LogP contribution in [0.4, 0.5) is 0 Å². The van der Waals surface area contributed by atoms with Crippen molar-refractivity contribution in [2.45, 2.75) is 19.6 Å². The summed E-state index contributed by atoms with van der Waals surface area (Å²) in [5, 5.41) is 0. The summed E-state index contributed by atoms with van der Waals surface area (Å²) in [6.45, 7) is 1.73. The number of nitrogens with two attached hydrogens (primary N) is 1. The molecule has 0 saturated carbocycles. The molecule has 64 valence electrons. The van der Waals surface area contributed by atoms with Crippen LogP contribution >= 0.6 is 0 Å². The van der Waals surface area contributed by atoms with Crippen molar-refractivity contribution in [1.29, 1.82) is 0 Å². The van der Waals surface area contributed by atoms with E-state index in [9.17, 15) is 9.59 Å². The highest BCUT2D eigenvalue weighted by molar-refractivity contribution is 6.29. The Bertz CT molecular complexity index is 157. The van der Waals surface area contributed by atoms with Gasteiger partial charge >= 0.3 is 11.9 Å². The maximum absolute atomic E-state index is 10.6. The molecule has 0 aliphatic carbocycles. The van der Waals surface area contributed by atoms with Gasteiger partial charge < -0.3 is 9.47 Å². The van der Waals surface area contributed by atoms with Crippen LogP contribution in [0.2, 0.25) is 0 Å². The summed E-state index contributed by atoms with van der Waals surface area (Å²) in [5.74, 6) is -2.09. The Morgan fingerprint density at radius 3 is 2.36 bits per heavy atom. The molecule has 0 radical (unpaired) electrons. The van der Waals surface area contributed by atoms with Crippen LogP contribution in [-0.4, -0.2) is 25.3 Å². The summed E-state index contributed by atoms with van der Waals surface area (Å²) >= 11 is 0. The molecule has 0 amide bonds. The van der Waals surface area contributed by atoms with Crippen LogP contribution in [0.3, 0.4) is 0 Å². The van der Waals surface area contributed by atoms with Crippen LogP contribution in [-0.2, 0) is 19.1 Å². The highest BCUT2D eigenvalue weighted by Gasteiger charge is 2.17. The van der Waals surface area contributed by atoms with Crippen molar-refractivity contribution >= 4 is 11.9 Å². The molecule has 1 atom stereocenters. The van der Waals surface area contributed by atoms with Crippen molar-refractivity contribution in [2.75, 3.05) is 7.11 Å². The second kappa shape index (κ2) is 4.68. The highest BCUT2D eigenvalue weighted by atomic mass is 16.6. The molecule has 0 fully saturated rings. The Kier molecular flexibility index (Phi) is 4.21. The topological polar surface area (TPSA) is 78.6 Å². The monoisotopic (exact) mass is 161 g/mol. The summed E-state index contributed by atoms with van der Waals surface area (Å²) in [6, 6.07) is 0. The minimum Gasteiger partial charge on any atom is -0.461 e. The maximum Gasteiger partial charge on any atom is 0.419 e. The van der Waals surface area contributed by atoms with E-state index in [2.05, 4.69) is 9.47 Å². The molecule has 5 heteroatoms. The van der Waals surface area contributed by atoms with E-state index in [-0.39, 0.29) is 0 Å². The van der Waals surface area contributed by atoms with E-state index in [4.69, 9.17) is 5.73 Å². The van der Waals surface area contributed by atoms with Crippen molar-refractivity contribution in [1.82, 2.24) is 0 Å². The molecule has 1 unspecified atom stereocenters. The third-order valence-electron chi connectivity index (χ3n) is 1.01. The molecular weight excluding hydrogens is 150 g/mol. The van der Waals surface area contributed by atoms with Gasteiger partial charge in [-0.05, 0) is 6.42 Å². The van der Waals surface area contributed by atoms with Crippen LogP contribution in [0.15, 0.2) is 0 Å². The molecule has 0 bridgehead atoms. The van der Waals surface area contributed by atoms with Gasteiger partial charge in [-0.3, -0.25) is 5.73 Å². The van der Waals surface area contributed by atoms with Crippen molar-refractivity contribution in [3.8, 4) is 0 Å². The Morgan fingerprint density at radius 2 is 2.00 bits per heavy atom. The summed E-state index contributed by atoms with van der Waals surface area (Å²) in [5.41, 5.74) is 5.22. The van der Waals surface area contributed by atoms with Crippen LogP contribution in [0.5, 0.6) is 0 Å². The molecule has 2 N–H and O–H groups in total. The second-order valence-corrected chi connectivity index (χ2v) is 1.84. The minimum atomic E-state index is -1.05. The maximum atomic E-state index is 10.6. The predicted molar refractivity (Wildman–Crippen MR) is 36.4 cm³/mol. The zero-order chi connectivity index (χ0) is 8.85. The van der Waals surface area contributed by atoms with E-state index in [1.54, 1.807) is 6.92 Å². The molecule has 11 heavy (non-hydrogen) atoms. The van der Waals surface area contributed by atoms with Crippen LogP contribution in [0.25, 0.3) is 0 Å². The standard InChI is InChI=1S/C6H11NO4/c1-3-4(7)11-6(9)5(8)10-2/h4H,3,7H2,1-2H3. The average molecular weight is 161 g/mol. The third-order valence-corrected chi connectivity index (χ3v) is 1.01. The Labute approximate surface area is 64.5 Å². The number of ether oxygens (including phenoxy) is 2. The van der Waals surface area contributed by atoms with Gasteiger partial charge in [0.15, 0.2) is 6.23 Å². The lowest BCUT2D eigenvalue weighted by Gasteiger charge is -2.08. The molecule has 0 aliphatic rings. The molecule has 0 spiro atoms. The van der Waals surface area contributed by atoms with E-state index in [0.29, 0.717) is 6.42 Å². The Morgan fingerprint density at radius 1 is 1.45 bits per heavy atom. The number of hydrogen-bond acceptors (Lipinski definition) is 5. The quantitative estimate of drug-likeness (QED) is 0.332. The van der Waals surface area contributed by atoms with Crippen LogP contribution < -0.4 is 5.73 Å². The third kappa shape index (κ3) is 3.57. The normalized spacial score (nSPS) is 11.9. The number of esters is 2. The minimum absolute atomic E-state index is 0.461. The Balaban J connectivity index is 3.77. The zero-order valence-corrected chi connectivity index (χ0v) is 6.49. The zero-order valence-electron chi connectivity index (χ0n) is 6.49. The van der Waals surface area contributed by atoms with Crippen molar-refractivity contribution < 1.29 is 19.1 Å². The smallest absolute Gasteiger partial charge is 0.419 e. The van der Waals surface area contributed by atoms with E-state index in [1.807, 2.05) is 0 Å². The van der Waals surface area contributed by atoms with Crippen LogP contribution in [0.1, 0.15) is 13.3 Å². The first-order chi connectivity index (χ1) is 5.11. The van der Waals surface area contributed by atoms with Gasteiger partial charge in [-0.2, -0.15) is 0 Å². The molecule has 0 aliphatic heterocycles. The van der Waals surface area contributed by atoms with Crippen molar-refractivity contribution in [3.63, 3.8) is 0 Å². The average Bonchev–Trinajstić information content (AvgIpc) is 2.02. The Hall–Kier alpha value is -1.10. The summed E-state index contributed by atoms with van der Waals surface area (Å²) < 4.78 is 8.50. The largest absolute Gasteiger partial charge is 0.461 e. The fourth-order valence-corrected chi connectivity index (χ4v) is 0.352. The lowest BCUT2D eigenvalue weighted by atomic mass is 10.4. The fourth-order valence-electron chi connectivity index (χ4n) is 0.352. The molecular formula is C6H11NO4. The van der Waals surface area contributed by atoms with E-state index in [1.165, 1.54) is 0 Å². The lowest BCUT2D eigenvalue weighted by molar-refractivity contribution is -0.169. The highest BCUT2D eigenvalue weighted by Crippen LogP contribution is 1.90. The fraction of sp³-hybridized carbons (Fsp3) is 0.667. The van der Waals surface area contributed by atoms with Gasteiger partial charge in [0.25, 0.3) is 0 Å². The molecule has 5 nitrogen and oxygen atoms in total. The first-order valence-electron chi connectivity index (χ1n) is 3.16. The molecule has 0 rings (SSSR count). The first-order valence-corrected chi connectivity index (χ1v) is 3.16. The number of hydrogen-bond donors (Lipinski definition) is 1. The SMILES string of the molecule is CCC(N)OC(=O)C(=O)OC. The van der Waals surface area contributed by atoms with Gasteiger partial charge in [-0.1, -0.05) is 6.92 Å². The van der Waals surface area contributed by atoms with Gasteiger partial charge in [0, 0.05) is 0 Å². The van der Waals surface area contributed by atoms with Gasteiger partial charge in [-0.15, -0.1) is 0 Å². The number of carbonyl (C=O) groups excluding carboxylic acids is 2. The second-order valence-electron chi connectivity index (χ2n) is 1.84. The van der Waals surface area contributed by atoms with E-state index in [0.717, 1.165) is 7.11 Å². The molecule has 0 saturated heterocycles. The van der Waals surface area contributed by atoms with Crippen molar-refractivity contribution in [2.24, 2.45) is 5.73 Å². The molecule has 0 aromatic rings. The number of methoxy groups -OCH3 is 1. The molecule has 0 aromatic heterocycles. The molecule has 0 aromatic carbocycles.